The lowest BCUT2D eigenvalue weighted by molar-refractivity contribution is -0.123. The third-order valence-corrected chi connectivity index (χ3v) is 5.30. The van der Waals surface area contributed by atoms with Crippen LogP contribution in [-0.2, 0) is 11.2 Å². The summed E-state index contributed by atoms with van der Waals surface area (Å²) in [6.07, 6.45) is 0.529. The fraction of sp³-hybridized carbons (Fsp3) is 0.0741. The van der Waals surface area contributed by atoms with Crippen LogP contribution >= 0.6 is 0 Å². The smallest absolute Gasteiger partial charge is 0.288 e. The molecule has 5 rings (SSSR count). The summed E-state index contributed by atoms with van der Waals surface area (Å²) in [6, 6.07) is 27.7. The number of amides is 2. The number of para-hydroxylation sites is 2. The SMILES string of the molecule is O=C(COc1ccccc1-c1nc(Cc2ccccc2)no1)NNC(=O)c1ccc2ccccc2n1. The lowest BCUT2D eigenvalue weighted by Crippen LogP contribution is -2.44. The number of hydrazine groups is 1. The Bertz CT molecular complexity index is 1520. The first kappa shape index (κ1) is 22.7. The molecule has 0 saturated carbocycles. The highest BCUT2D eigenvalue weighted by molar-refractivity contribution is 5.96. The second-order valence-electron chi connectivity index (χ2n) is 7.85. The number of nitrogens with one attached hydrogen (secondary N) is 2. The van der Waals surface area contributed by atoms with Gasteiger partial charge in [-0.05, 0) is 29.8 Å². The Morgan fingerprint density at radius 1 is 0.806 bits per heavy atom. The van der Waals surface area contributed by atoms with E-state index in [4.69, 9.17) is 9.26 Å². The molecule has 178 valence electrons. The molecular formula is C27H21N5O4. The fourth-order valence-electron chi connectivity index (χ4n) is 3.55. The van der Waals surface area contributed by atoms with Crippen LogP contribution in [0.1, 0.15) is 21.9 Å². The average molecular weight is 479 g/mol. The number of hydrogen-bond donors (Lipinski definition) is 2. The van der Waals surface area contributed by atoms with Crippen molar-refractivity contribution in [1.29, 1.82) is 0 Å². The average Bonchev–Trinajstić information content (AvgIpc) is 3.39. The van der Waals surface area contributed by atoms with Gasteiger partial charge in [-0.3, -0.25) is 20.4 Å². The number of hydrogen-bond acceptors (Lipinski definition) is 7. The number of benzene rings is 3. The summed E-state index contributed by atoms with van der Waals surface area (Å²) < 4.78 is 11.1. The largest absolute Gasteiger partial charge is 0.483 e. The maximum Gasteiger partial charge on any atom is 0.288 e. The van der Waals surface area contributed by atoms with Crippen LogP contribution in [0, 0.1) is 0 Å². The number of aromatic nitrogens is 3. The van der Waals surface area contributed by atoms with Crippen LogP contribution in [0.5, 0.6) is 5.75 Å². The maximum atomic E-state index is 12.4. The molecule has 0 fully saturated rings. The van der Waals surface area contributed by atoms with E-state index in [0.717, 1.165) is 10.9 Å². The van der Waals surface area contributed by atoms with Crippen molar-refractivity contribution in [2.75, 3.05) is 6.61 Å². The third-order valence-electron chi connectivity index (χ3n) is 5.30. The predicted octanol–water partition coefficient (Wildman–Crippen LogP) is 3.72. The lowest BCUT2D eigenvalue weighted by atomic mass is 10.1. The number of rotatable bonds is 7. The van der Waals surface area contributed by atoms with Crippen molar-refractivity contribution >= 4 is 22.7 Å². The molecule has 5 aromatic rings. The zero-order valence-electron chi connectivity index (χ0n) is 19.0. The molecule has 3 aromatic carbocycles. The second kappa shape index (κ2) is 10.5. The molecule has 0 aliphatic rings. The van der Waals surface area contributed by atoms with E-state index in [1.807, 2.05) is 54.6 Å². The first-order chi connectivity index (χ1) is 17.7. The highest BCUT2D eigenvalue weighted by Gasteiger charge is 2.16. The van der Waals surface area contributed by atoms with Gasteiger partial charge in [0.15, 0.2) is 12.4 Å². The summed E-state index contributed by atoms with van der Waals surface area (Å²) >= 11 is 0. The first-order valence-corrected chi connectivity index (χ1v) is 11.2. The van der Waals surface area contributed by atoms with Crippen LogP contribution in [-0.4, -0.2) is 33.5 Å². The van der Waals surface area contributed by atoms with E-state index in [9.17, 15) is 9.59 Å². The number of carbonyl (C=O) groups is 2. The molecule has 0 aliphatic carbocycles. The molecule has 2 aromatic heterocycles. The Balaban J connectivity index is 1.18. The topological polar surface area (TPSA) is 119 Å². The normalized spacial score (nSPS) is 10.7. The van der Waals surface area contributed by atoms with Crippen LogP contribution < -0.4 is 15.6 Å². The summed E-state index contributed by atoms with van der Waals surface area (Å²) in [5, 5.41) is 4.96. The van der Waals surface area contributed by atoms with E-state index in [-0.39, 0.29) is 18.2 Å². The van der Waals surface area contributed by atoms with Crippen molar-refractivity contribution < 1.29 is 18.8 Å². The Labute approximate surface area is 206 Å². The van der Waals surface area contributed by atoms with Crippen LogP contribution in [0.25, 0.3) is 22.4 Å². The van der Waals surface area contributed by atoms with E-state index < -0.39 is 11.8 Å². The standard InChI is InChI=1S/C27H21N5O4/c33-25(30-31-26(34)22-15-14-19-10-4-6-12-21(19)28-22)17-35-23-13-7-5-11-20(23)27-29-24(32-36-27)16-18-8-2-1-3-9-18/h1-15H,16-17H2,(H,30,33)(H,31,34). The first-order valence-electron chi connectivity index (χ1n) is 11.2. The highest BCUT2D eigenvalue weighted by atomic mass is 16.5. The van der Waals surface area contributed by atoms with E-state index in [1.54, 1.807) is 36.4 Å². The summed E-state index contributed by atoms with van der Waals surface area (Å²) in [5.74, 6) is 0.131. The summed E-state index contributed by atoms with van der Waals surface area (Å²) in [6.45, 7) is -0.340. The van der Waals surface area contributed by atoms with E-state index in [1.165, 1.54) is 0 Å². The molecule has 0 aliphatic heterocycles. The Morgan fingerprint density at radius 3 is 2.47 bits per heavy atom. The number of carbonyl (C=O) groups excluding carboxylic acids is 2. The minimum atomic E-state index is -0.547. The predicted molar refractivity (Wildman–Crippen MR) is 132 cm³/mol. The molecule has 36 heavy (non-hydrogen) atoms. The van der Waals surface area contributed by atoms with Crippen LogP contribution in [0.3, 0.4) is 0 Å². The number of nitrogens with zero attached hydrogens (tertiary/aromatic N) is 3. The van der Waals surface area contributed by atoms with Crippen molar-refractivity contribution in [3.8, 4) is 17.2 Å². The molecule has 2 heterocycles. The van der Waals surface area contributed by atoms with Gasteiger partial charge in [-0.2, -0.15) is 4.98 Å². The molecular weight excluding hydrogens is 458 g/mol. The monoisotopic (exact) mass is 479 g/mol. The van der Waals surface area contributed by atoms with Crippen LogP contribution in [0.2, 0.25) is 0 Å². The quantitative estimate of drug-likeness (QED) is 0.342. The molecule has 0 bridgehead atoms. The van der Waals surface area contributed by atoms with E-state index >= 15 is 0 Å². The van der Waals surface area contributed by atoms with Gasteiger partial charge < -0.3 is 9.26 Å². The van der Waals surface area contributed by atoms with Crippen molar-refractivity contribution in [3.05, 3.63) is 108 Å². The molecule has 0 saturated heterocycles. The van der Waals surface area contributed by atoms with E-state index in [2.05, 4.69) is 26.0 Å². The Hall–Kier alpha value is -5.05. The Morgan fingerprint density at radius 2 is 1.58 bits per heavy atom. The third kappa shape index (κ3) is 5.36. The molecule has 9 heteroatoms. The molecule has 0 unspecified atom stereocenters. The van der Waals surface area contributed by atoms with Gasteiger partial charge in [-0.25, -0.2) is 4.98 Å². The van der Waals surface area contributed by atoms with Crippen molar-refractivity contribution in [2.24, 2.45) is 0 Å². The lowest BCUT2D eigenvalue weighted by Gasteiger charge is -2.10. The van der Waals surface area contributed by atoms with Gasteiger partial charge in [0.2, 0.25) is 0 Å². The summed E-state index contributed by atoms with van der Waals surface area (Å²) in [7, 11) is 0. The van der Waals surface area contributed by atoms with Crippen molar-refractivity contribution in [1.82, 2.24) is 26.0 Å². The molecule has 9 nitrogen and oxygen atoms in total. The number of pyridine rings is 1. The van der Waals surface area contributed by atoms with Crippen molar-refractivity contribution in [3.63, 3.8) is 0 Å². The zero-order chi connectivity index (χ0) is 24.7. The van der Waals surface area contributed by atoms with Gasteiger partial charge in [0.25, 0.3) is 17.7 Å². The molecule has 0 atom stereocenters. The highest BCUT2D eigenvalue weighted by Crippen LogP contribution is 2.28. The van der Waals surface area contributed by atoms with Gasteiger partial charge in [0, 0.05) is 11.8 Å². The van der Waals surface area contributed by atoms with Crippen LogP contribution in [0.15, 0.2) is 95.5 Å². The fourth-order valence-corrected chi connectivity index (χ4v) is 3.55. The maximum absolute atomic E-state index is 12.4. The van der Waals surface area contributed by atoms with Crippen LogP contribution in [0.4, 0.5) is 0 Å². The number of fused-ring (bicyclic) bond motifs is 1. The Kier molecular flexibility index (Phi) is 6.61. The van der Waals surface area contributed by atoms with Gasteiger partial charge >= 0.3 is 0 Å². The van der Waals surface area contributed by atoms with Gasteiger partial charge in [-0.1, -0.05) is 71.9 Å². The molecule has 0 spiro atoms. The molecule has 0 radical (unpaired) electrons. The summed E-state index contributed by atoms with van der Waals surface area (Å²) in [5.41, 5.74) is 7.17. The van der Waals surface area contributed by atoms with Gasteiger partial charge in [0.05, 0.1) is 11.1 Å². The van der Waals surface area contributed by atoms with E-state index in [0.29, 0.717) is 29.1 Å². The molecule has 2 amide bonds. The minimum absolute atomic E-state index is 0.183. The minimum Gasteiger partial charge on any atom is -0.483 e. The van der Waals surface area contributed by atoms with Gasteiger partial charge in [-0.15, -0.1) is 0 Å². The summed E-state index contributed by atoms with van der Waals surface area (Å²) in [4.78, 5) is 33.4. The van der Waals surface area contributed by atoms with Gasteiger partial charge in [0.1, 0.15) is 11.4 Å². The zero-order valence-corrected chi connectivity index (χ0v) is 19.0. The van der Waals surface area contributed by atoms with Crippen molar-refractivity contribution in [2.45, 2.75) is 6.42 Å². The number of ether oxygens (including phenoxy) is 1. The molecule has 2 N–H and O–H groups in total. The second-order valence-corrected chi connectivity index (χ2v) is 7.85.